The van der Waals surface area contributed by atoms with E-state index in [9.17, 15) is 18.9 Å². The van der Waals surface area contributed by atoms with E-state index in [4.69, 9.17) is 5.26 Å². The van der Waals surface area contributed by atoms with E-state index in [-0.39, 0.29) is 16.5 Å². The van der Waals surface area contributed by atoms with Crippen molar-refractivity contribution in [2.45, 2.75) is 12.8 Å². The highest BCUT2D eigenvalue weighted by atomic mass is 79.9. The lowest BCUT2D eigenvalue weighted by molar-refractivity contribution is -0.386. The van der Waals surface area contributed by atoms with Gasteiger partial charge in [-0.1, -0.05) is 0 Å². The maximum atomic E-state index is 12.5. The first kappa shape index (κ1) is 12.4. The maximum absolute atomic E-state index is 12.5. The van der Waals surface area contributed by atoms with E-state index in [1.54, 1.807) is 6.07 Å². The molecule has 0 spiro atoms. The van der Waals surface area contributed by atoms with Crippen LogP contribution in [0.5, 0.6) is 0 Å². The van der Waals surface area contributed by atoms with Crippen LogP contribution in [0, 0.1) is 21.4 Å². The van der Waals surface area contributed by atoms with Gasteiger partial charge in [0.25, 0.3) is 6.43 Å². The zero-order valence-electron chi connectivity index (χ0n) is 7.65. The molecule has 84 valence electrons. The van der Waals surface area contributed by atoms with E-state index in [2.05, 4.69) is 20.9 Å². The minimum Gasteiger partial charge on any atom is -0.258 e. The van der Waals surface area contributed by atoms with E-state index in [0.29, 0.717) is 0 Å². The molecular formula is C8H4BrF2N3O2. The zero-order valence-corrected chi connectivity index (χ0v) is 9.24. The van der Waals surface area contributed by atoms with Gasteiger partial charge in [0.2, 0.25) is 0 Å². The topological polar surface area (TPSA) is 79.8 Å². The minimum absolute atomic E-state index is 0.121. The van der Waals surface area contributed by atoms with Gasteiger partial charge in [0.05, 0.1) is 17.4 Å². The molecule has 0 N–H and O–H groups in total. The predicted molar refractivity (Wildman–Crippen MR) is 52.9 cm³/mol. The Morgan fingerprint density at radius 1 is 1.69 bits per heavy atom. The highest BCUT2D eigenvalue weighted by Crippen LogP contribution is 2.33. The van der Waals surface area contributed by atoms with Crippen molar-refractivity contribution in [3.05, 3.63) is 32.0 Å². The molecule has 5 nitrogen and oxygen atoms in total. The Hall–Kier alpha value is -1.62. The van der Waals surface area contributed by atoms with E-state index in [1.165, 1.54) is 0 Å². The fourth-order valence-corrected chi connectivity index (χ4v) is 1.69. The van der Waals surface area contributed by atoms with Gasteiger partial charge < -0.3 is 0 Å². The molecule has 0 unspecified atom stereocenters. The number of halogens is 3. The number of rotatable bonds is 3. The maximum Gasteiger partial charge on any atom is 0.301 e. The molecule has 0 atom stereocenters. The summed E-state index contributed by atoms with van der Waals surface area (Å²) in [6.07, 6.45) is -2.50. The van der Waals surface area contributed by atoms with Crippen molar-refractivity contribution in [2.75, 3.05) is 0 Å². The van der Waals surface area contributed by atoms with E-state index in [0.717, 1.165) is 6.20 Å². The monoisotopic (exact) mass is 291 g/mol. The number of hydrogen-bond donors (Lipinski definition) is 0. The van der Waals surface area contributed by atoms with E-state index >= 15 is 0 Å². The Balaban J connectivity index is 3.42. The quantitative estimate of drug-likeness (QED) is 0.633. The average Bonchev–Trinajstić information content (AvgIpc) is 2.20. The Kier molecular flexibility index (Phi) is 3.84. The van der Waals surface area contributed by atoms with Gasteiger partial charge in [0.1, 0.15) is 16.4 Å². The van der Waals surface area contributed by atoms with E-state index in [1.807, 2.05) is 0 Å². The van der Waals surface area contributed by atoms with Crippen molar-refractivity contribution >= 4 is 21.6 Å². The molecule has 0 radical (unpaired) electrons. The molecule has 0 fully saturated rings. The van der Waals surface area contributed by atoms with Gasteiger partial charge in [0.15, 0.2) is 0 Å². The lowest BCUT2D eigenvalue weighted by atomic mass is 10.1. The van der Waals surface area contributed by atoms with Crippen molar-refractivity contribution in [2.24, 2.45) is 0 Å². The van der Waals surface area contributed by atoms with Crippen LogP contribution in [0.25, 0.3) is 0 Å². The van der Waals surface area contributed by atoms with Crippen LogP contribution in [0.1, 0.15) is 17.7 Å². The summed E-state index contributed by atoms with van der Waals surface area (Å²) in [4.78, 5) is 13.1. The molecule has 0 aliphatic carbocycles. The summed E-state index contributed by atoms with van der Waals surface area (Å²) in [7, 11) is 0. The Bertz CT molecular complexity index is 473. The highest BCUT2D eigenvalue weighted by Gasteiger charge is 2.24. The molecule has 0 aliphatic heterocycles. The summed E-state index contributed by atoms with van der Waals surface area (Å²) in [6.45, 7) is 0. The third-order valence-corrected chi connectivity index (χ3v) is 2.67. The highest BCUT2D eigenvalue weighted by molar-refractivity contribution is 9.10. The van der Waals surface area contributed by atoms with Crippen molar-refractivity contribution in [1.82, 2.24) is 4.98 Å². The molecular weight excluding hydrogens is 288 g/mol. The fraction of sp³-hybridized carbons (Fsp3) is 0.250. The summed E-state index contributed by atoms with van der Waals surface area (Å²) in [5.41, 5.74) is -1.19. The van der Waals surface area contributed by atoms with Crippen molar-refractivity contribution in [3.63, 3.8) is 0 Å². The summed E-state index contributed by atoms with van der Waals surface area (Å²) in [5.74, 6) is 0. The van der Waals surface area contributed by atoms with Crippen LogP contribution in [0.3, 0.4) is 0 Å². The number of alkyl halides is 2. The van der Waals surface area contributed by atoms with Gasteiger partial charge in [-0.3, -0.25) is 10.1 Å². The van der Waals surface area contributed by atoms with Crippen LogP contribution in [0.2, 0.25) is 0 Å². The summed E-state index contributed by atoms with van der Waals surface area (Å²) < 4.78 is 24.9. The molecule has 1 rings (SSSR count). The van der Waals surface area contributed by atoms with Gasteiger partial charge in [0, 0.05) is 5.56 Å². The first-order chi connectivity index (χ1) is 7.49. The van der Waals surface area contributed by atoms with Crippen LogP contribution >= 0.6 is 15.9 Å². The van der Waals surface area contributed by atoms with Crippen LogP contribution in [0.15, 0.2) is 10.7 Å². The number of nitrogens with zero attached hydrogens (tertiary/aromatic N) is 3. The molecule has 16 heavy (non-hydrogen) atoms. The molecule has 0 aromatic carbocycles. The normalized spacial score (nSPS) is 10.2. The van der Waals surface area contributed by atoms with Crippen molar-refractivity contribution < 1.29 is 13.7 Å². The Morgan fingerprint density at radius 2 is 2.31 bits per heavy atom. The second-order valence-corrected chi connectivity index (χ2v) is 3.51. The van der Waals surface area contributed by atoms with Gasteiger partial charge >= 0.3 is 5.69 Å². The number of pyridine rings is 1. The van der Waals surface area contributed by atoms with Gasteiger partial charge in [-0.15, -0.1) is 0 Å². The second-order valence-electron chi connectivity index (χ2n) is 2.71. The van der Waals surface area contributed by atoms with Crippen molar-refractivity contribution in [1.29, 1.82) is 5.26 Å². The SMILES string of the molecule is N#CCc1c(C(F)F)ncc([N+](=O)[O-])c1Br. The van der Waals surface area contributed by atoms with Crippen LogP contribution in [-0.2, 0) is 6.42 Å². The largest absolute Gasteiger partial charge is 0.301 e. The lowest BCUT2D eigenvalue weighted by Gasteiger charge is -2.06. The third-order valence-electron chi connectivity index (χ3n) is 1.78. The lowest BCUT2D eigenvalue weighted by Crippen LogP contribution is -2.02. The zero-order chi connectivity index (χ0) is 12.3. The second kappa shape index (κ2) is 4.94. The van der Waals surface area contributed by atoms with Crippen LogP contribution < -0.4 is 0 Å². The molecule has 0 saturated heterocycles. The number of nitro groups is 1. The first-order valence-corrected chi connectivity index (χ1v) is 4.75. The van der Waals surface area contributed by atoms with Gasteiger partial charge in [-0.2, -0.15) is 5.26 Å². The molecule has 0 bridgehead atoms. The molecule has 0 saturated carbocycles. The van der Waals surface area contributed by atoms with Crippen molar-refractivity contribution in [3.8, 4) is 6.07 Å². The van der Waals surface area contributed by atoms with Crippen LogP contribution in [0.4, 0.5) is 14.5 Å². The minimum atomic E-state index is -2.87. The third kappa shape index (κ3) is 2.30. The average molecular weight is 292 g/mol. The number of nitriles is 1. The Morgan fingerprint density at radius 3 is 2.75 bits per heavy atom. The number of aromatic nitrogens is 1. The summed E-state index contributed by atoms with van der Waals surface area (Å²) in [6, 6.07) is 1.66. The smallest absolute Gasteiger partial charge is 0.258 e. The van der Waals surface area contributed by atoms with Gasteiger partial charge in [-0.05, 0) is 15.9 Å². The van der Waals surface area contributed by atoms with Gasteiger partial charge in [-0.25, -0.2) is 13.8 Å². The summed E-state index contributed by atoms with van der Waals surface area (Å²) in [5, 5.41) is 19.0. The van der Waals surface area contributed by atoms with E-state index < -0.39 is 22.7 Å². The molecule has 1 aromatic rings. The summed E-state index contributed by atoms with van der Waals surface area (Å²) >= 11 is 2.84. The fourth-order valence-electron chi connectivity index (χ4n) is 1.09. The molecule has 0 amide bonds. The molecule has 1 aromatic heterocycles. The van der Waals surface area contributed by atoms with Crippen LogP contribution in [-0.4, -0.2) is 9.91 Å². The molecule has 1 heterocycles. The Labute approximate surface area is 97.0 Å². The first-order valence-electron chi connectivity index (χ1n) is 3.95. The number of hydrogen-bond acceptors (Lipinski definition) is 4. The molecule has 0 aliphatic rings. The predicted octanol–water partition coefficient (Wildman–Crippen LogP) is 2.76. The standard InChI is InChI=1S/C8H4BrF2N3O2/c9-6-4(1-2-12)7(8(10)11)13-3-5(6)14(15)16/h3,8H,1H2. The molecule has 8 heteroatoms.